The van der Waals surface area contributed by atoms with E-state index in [1.165, 1.54) is 17.3 Å². The summed E-state index contributed by atoms with van der Waals surface area (Å²) < 4.78 is 50.3. The predicted molar refractivity (Wildman–Crippen MR) is 158 cm³/mol. The van der Waals surface area contributed by atoms with Gasteiger partial charge >= 0.3 is 12.1 Å². The van der Waals surface area contributed by atoms with Crippen LogP contribution in [0.3, 0.4) is 0 Å². The van der Waals surface area contributed by atoms with E-state index in [1.54, 1.807) is 13.8 Å². The lowest BCUT2D eigenvalue weighted by molar-refractivity contribution is -0.157. The molecule has 8 nitrogen and oxygen atoms in total. The van der Waals surface area contributed by atoms with E-state index in [9.17, 15) is 27.9 Å². The number of hydrogen-bond acceptors (Lipinski definition) is 6. The van der Waals surface area contributed by atoms with Crippen LogP contribution in [0.5, 0.6) is 0 Å². The summed E-state index contributed by atoms with van der Waals surface area (Å²) in [6, 6.07) is -1.48. The van der Waals surface area contributed by atoms with E-state index in [4.69, 9.17) is 27.9 Å². The molecule has 3 atom stereocenters. The number of esters is 1. The second-order valence-corrected chi connectivity index (χ2v) is 13.6. The summed E-state index contributed by atoms with van der Waals surface area (Å²) in [4.78, 5) is 31.9. The lowest BCUT2D eigenvalue weighted by Gasteiger charge is -2.36. The highest BCUT2D eigenvalue weighted by atomic mass is 35.5. The highest BCUT2D eigenvalue weighted by Gasteiger charge is 2.49. The number of carbonyl (C=O) groups excluding carboxylic acids is 2. The van der Waals surface area contributed by atoms with E-state index in [1.807, 2.05) is 0 Å². The number of aliphatic hydroxyl groups is 1. The Morgan fingerprint density at radius 3 is 2.30 bits per heavy atom. The summed E-state index contributed by atoms with van der Waals surface area (Å²) >= 11 is 12.7. The third kappa shape index (κ3) is 6.47. The van der Waals surface area contributed by atoms with E-state index >= 15 is 0 Å². The number of pyridine rings is 1. The Morgan fingerprint density at radius 1 is 1.07 bits per heavy atom. The number of aromatic nitrogens is 3. The topological polar surface area (TPSA) is 97.6 Å². The molecule has 1 amide bonds. The highest BCUT2D eigenvalue weighted by Crippen LogP contribution is 2.46. The van der Waals surface area contributed by atoms with Crippen LogP contribution in [0.1, 0.15) is 112 Å². The zero-order valence-corrected chi connectivity index (χ0v) is 26.5. The number of rotatable bonds is 7. The van der Waals surface area contributed by atoms with E-state index in [0.717, 1.165) is 43.0 Å². The van der Waals surface area contributed by atoms with Crippen molar-refractivity contribution in [3.8, 4) is 0 Å². The molecule has 1 aliphatic heterocycles. The number of nitrogens with zero attached hydrogens (tertiary/aromatic N) is 4. The van der Waals surface area contributed by atoms with Gasteiger partial charge in [0, 0.05) is 24.5 Å². The van der Waals surface area contributed by atoms with Crippen molar-refractivity contribution in [2.75, 3.05) is 13.2 Å². The second-order valence-electron chi connectivity index (χ2n) is 12.7. The normalized spacial score (nSPS) is 27.4. The number of aliphatic hydroxyl groups excluding tert-OH is 1. The fourth-order valence-corrected chi connectivity index (χ4v) is 8.09. The van der Waals surface area contributed by atoms with Crippen LogP contribution in [0, 0.1) is 17.3 Å². The number of alkyl halides is 3. The molecule has 1 N–H and O–H groups in total. The summed E-state index contributed by atoms with van der Waals surface area (Å²) in [5.41, 5.74) is -2.24. The SMILES string of the molecule is CCOC(=O)C1(C)CCC(n2ncc(C(=O)N3C[C@H](C4CCCCC4)C[C@H]3C(O)c3c(Cl)cncc3Cl)c2C(F)(F)F)CC1. The molecule has 2 aromatic heterocycles. The first kappa shape index (κ1) is 33.0. The van der Waals surface area contributed by atoms with E-state index in [-0.39, 0.29) is 53.5 Å². The molecule has 2 saturated carbocycles. The van der Waals surface area contributed by atoms with Crippen LogP contribution in [0.15, 0.2) is 18.6 Å². The zero-order chi connectivity index (χ0) is 31.8. The second kappa shape index (κ2) is 13.2. The largest absolute Gasteiger partial charge is 0.466 e. The minimum Gasteiger partial charge on any atom is -0.466 e. The molecule has 0 radical (unpaired) electrons. The fraction of sp³-hybridized carbons (Fsp3) is 0.677. The molecule has 5 rings (SSSR count). The van der Waals surface area contributed by atoms with Crippen LogP contribution in [0.2, 0.25) is 10.0 Å². The molecule has 44 heavy (non-hydrogen) atoms. The van der Waals surface area contributed by atoms with Gasteiger partial charge in [-0.15, -0.1) is 0 Å². The van der Waals surface area contributed by atoms with Gasteiger partial charge in [0.15, 0.2) is 5.69 Å². The number of hydrogen-bond donors (Lipinski definition) is 1. The fourth-order valence-electron chi connectivity index (χ4n) is 7.50. The van der Waals surface area contributed by atoms with Crippen molar-refractivity contribution in [1.82, 2.24) is 19.7 Å². The van der Waals surface area contributed by atoms with Crippen molar-refractivity contribution in [2.24, 2.45) is 17.3 Å². The average molecular weight is 660 g/mol. The van der Waals surface area contributed by atoms with Crippen LogP contribution < -0.4 is 0 Å². The molecule has 242 valence electrons. The van der Waals surface area contributed by atoms with Crippen molar-refractivity contribution >= 4 is 35.1 Å². The zero-order valence-electron chi connectivity index (χ0n) is 25.0. The monoisotopic (exact) mass is 658 g/mol. The summed E-state index contributed by atoms with van der Waals surface area (Å²) in [6.45, 7) is 3.93. The quantitative estimate of drug-likeness (QED) is 0.311. The number of amides is 1. The van der Waals surface area contributed by atoms with E-state index < -0.39 is 46.9 Å². The van der Waals surface area contributed by atoms with Gasteiger partial charge in [-0.2, -0.15) is 18.3 Å². The predicted octanol–water partition coefficient (Wildman–Crippen LogP) is 7.43. The Balaban J connectivity index is 1.46. The average Bonchev–Trinajstić information content (AvgIpc) is 3.64. The molecular weight excluding hydrogens is 620 g/mol. The summed E-state index contributed by atoms with van der Waals surface area (Å²) in [6.07, 6.45) is 4.36. The molecule has 3 fully saturated rings. The van der Waals surface area contributed by atoms with Gasteiger partial charge in [0.1, 0.15) is 6.10 Å². The van der Waals surface area contributed by atoms with E-state index in [2.05, 4.69) is 10.1 Å². The summed E-state index contributed by atoms with van der Waals surface area (Å²) in [5.74, 6) is -0.868. The van der Waals surface area contributed by atoms with Crippen LogP contribution >= 0.6 is 23.2 Å². The first-order valence-corrected chi connectivity index (χ1v) is 16.2. The van der Waals surface area contributed by atoms with Crippen molar-refractivity contribution in [2.45, 2.75) is 102 Å². The number of likely N-dealkylation sites (tertiary alicyclic amines) is 1. The van der Waals surface area contributed by atoms with Gasteiger partial charge in [0.05, 0.1) is 45.9 Å². The smallest absolute Gasteiger partial charge is 0.433 e. The molecule has 3 heterocycles. The molecule has 13 heteroatoms. The summed E-state index contributed by atoms with van der Waals surface area (Å²) in [5, 5.41) is 15.9. The maximum absolute atomic E-state index is 14.7. The minimum absolute atomic E-state index is 0.0153. The molecule has 1 saturated heterocycles. The first-order valence-electron chi connectivity index (χ1n) is 15.5. The number of ether oxygens (including phenoxy) is 1. The van der Waals surface area contributed by atoms with Gasteiger partial charge < -0.3 is 14.7 Å². The molecule has 1 unspecified atom stereocenters. The number of carbonyl (C=O) groups is 2. The van der Waals surface area contributed by atoms with Gasteiger partial charge in [-0.05, 0) is 57.8 Å². The first-order chi connectivity index (χ1) is 20.9. The lowest BCUT2D eigenvalue weighted by Crippen LogP contribution is -2.40. The van der Waals surface area contributed by atoms with Gasteiger partial charge in [-0.1, -0.05) is 55.3 Å². The third-order valence-corrected chi connectivity index (χ3v) is 10.6. The molecule has 0 aromatic carbocycles. The molecule has 0 bridgehead atoms. The van der Waals surface area contributed by atoms with Gasteiger partial charge in [-0.3, -0.25) is 19.3 Å². The minimum atomic E-state index is -4.86. The standard InChI is InChI=1S/C31H39Cl2F3N4O4/c1-3-44-29(43)30(2)11-9-20(10-12-30)40-27(31(34,35)36)21(14-38-40)28(42)39-17-19(18-7-5-4-6-8-18)13-24(39)26(41)25-22(32)15-37-16-23(25)33/h14-16,18-20,24,26,41H,3-13,17H2,1-2H3/t19-,20?,24+,26?,30?/m1/s1. The van der Waals surface area contributed by atoms with Crippen LogP contribution in [0.4, 0.5) is 13.2 Å². The molecular formula is C31H39Cl2F3N4O4. The number of halogens is 5. The summed E-state index contributed by atoms with van der Waals surface area (Å²) in [7, 11) is 0. The Kier molecular flexibility index (Phi) is 9.87. The van der Waals surface area contributed by atoms with Crippen molar-refractivity contribution in [3.05, 3.63) is 45.5 Å². The molecule has 2 aliphatic carbocycles. The Morgan fingerprint density at radius 2 is 1.70 bits per heavy atom. The maximum atomic E-state index is 14.7. The van der Waals surface area contributed by atoms with Crippen molar-refractivity contribution < 1.29 is 32.6 Å². The van der Waals surface area contributed by atoms with Crippen LogP contribution in [0.25, 0.3) is 0 Å². The maximum Gasteiger partial charge on any atom is 0.433 e. The highest BCUT2D eigenvalue weighted by molar-refractivity contribution is 6.35. The van der Waals surface area contributed by atoms with Crippen molar-refractivity contribution in [3.63, 3.8) is 0 Å². The van der Waals surface area contributed by atoms with Gasteiger partial charge in [0.2, 0.25) is 0 Å². The van der Waals surface area contributed by atoms with Gasteiger partial charge in [0.25, 0.3) is 5.91 Å². The Hall–Kier alpha value is -2.37. The molecule has 3 aliphatic rings. The Labute approximate surface area is 265 Å². The van der Waals surface area contributed by atoms with E-state index in [0.29, 0.717) is 25.2 Å². The van der Waals surface area contributed by atoms with Gasteiger partial charge in [-0.25, -0.2) is 0 Å². The lowest BCUT2D eigenvalue weighted by atomic mass is 9.74. The third-order valence-electron chi connectivity index (χ3n) is 9.97. The van der Waals surface area contributed by atoms with Crippen LogP contribution in [-0.4, -0.2) is 55.8 Å². The molecule has 2 aromatic rings. The molecule has 0 spiro atoms. The Bertz CT molecular complexity index is 1340. The van der Waals surface area contributed by atoms with Crippen molar-refractivity contribution in [1.29, 1.82) is 0 Å². The van der Waals surface area contributed by atoms with Crippen LogP contribution in [-0.2, 0) is 15.7 Å².